The maximum atomic E-state index is 12.8. The van der Waals surface area contributed by atoms with Gasteiger partial charge in [0.25, 0.3) is 0 Å². The van der Waals surface area contributed by atoms with Crippen molar-refractivity contribution in [3.63, 3.8) is 0 Å². The molecule has 1 aliphatic heterocycles. The molecule has 1 aliphatic rings. The van der Waals surface area contributed by atoms with Gasteiger partial charge in [0, 0.05) is 24.4 Å². The van der Waals surface area contributed by atoms with Gasteiger partial charge in [-0.2, -0.15) is 0 Å². The van der Waals surface area contributed by atoms with Crippen LogP contribution in [0.1, 0.15) is 52.0 Å². The normalized spacial score (nSPS) is 24.3. The second kappa shape index (κ2) is 8.00. The minimum atomic E-state index is -0.564. The predicted molar refractivity (Wildman–Crippen MR) is 96.0 cm³/mol. The van der Waals surface area contributed by atoms with Crippen molar-refractivity contribution in [2.24, 2.45) is 5.92 Å². The first-order chi connectivity index (χ1) is 11.7. The average molecular weight is 347 g/mol. The highest BCUT2D eigenvalue weighted by molar-refractivity contribution is 5.85. The zero-order chi connectivity index (χ0) is 18.6. The summed E-state index contributed by atoms with van der Waals surface area (Å²) >= 11 is 0. The molecule has 0 spiro atoms. The number of β-amino-alcohol motifs (C(OH)–C–C–N with tert-alkyl or cyclic N) is 1. The van der Waals surface area contributed by atoms with E-state index in [1.165, 1.54) is 0 Å². The summed E-state index contributed by atoms with van der Waals surface area (Å²) in [6, 6.07) is 10.0. The molecule has 1 heterocycles. The van der Waals surface area contributed by atoms with E-state index < -0.39 is 11.5 Å². The van der Waals surface area contributed by atoms with Crippen molar-refractivity contribution in [3.05, 3.63) is 35.9 Å². The first-order valence-corrected chi connectivity index (χ1v) is 8.91. The summed E-state index contributed by atoms with van der Waals surface area (Å²) in [6.45, 7) is 7.67. The first kappa shape index (κ1) is 19.4. The molecule has 138 valence electrons. The number of ether oxygens (including phenoxy) is 1. The van der Waals surface area contributed by atoms with Crippen LogP contribution in [0.3, 0.4) is 0 Å². The monoisotopic (exact) mass is 347 g/mol. The van der Waals surface area contributed by atoms with Gasteiger partial charge < -0.3 is 14.7 Å². The van der Waals surface area contributed by atoms with Crippen LogP contribution < -0.4 is 0 Å². The van der Waals surface area contributed by atoms with Gasteiger partial charge in [0.1, 0.15) is 5.60 Å². The van der Waals surface area contributed by atoms with Crippen molar-refractivity contribution in [3.8, 4) is 0 Å². The van der Waals surface area contributed by atoms with Gasteiger partial charge in [0.15, 0.2) is 0 Å². The van der Waals surface area contributed by atoms with Crippen LogP contribution in [0, 0.1) is 5.92 Å². The SMILES string of the molecule is CC1C(c2ccccc2)CC(CC(=O)OC(C)(C)C)C(=O)N1CCO. The fourth-order valence-electron chi connectivity index (χ4n) is 3.55. The predicted octanol–water partition coefficient (Wildman–Crippen LogP) is 2.73. The Labute approximate surface area is 150 Å². The van der Waals surface area contributed by atoms with E-state index in [9.17, 15) is 14.7 Å². The van der Waals surface area contributed by atoms with Crippen LogP contribution in [-0.4, -0.2) is 46.7 Å². The molecule has 0 bridgehead atoms. The Kier molecular flexibility index (Phi) is 6.22. The number of hydrogen-bond donors (Lipinski definition) is 1. The Hall–Kier alpha value is -1.88. The van der Waals surface area contributed by atoms with Crippen molar-refractivity contribution >= 4 is 11.9 Å². The molecule has 3 unspecified atom stereocenters. The number of rotatable bonds is 5. The third-order valence-corrected chi connectivity index (χ3v) is 4.65. The Bertz CT molecular complexity index is 593. The average Bonchev–Trinajstić information content (AvgIpc) is 2.53. The molecule has 2 rings (SSSR count). The molecular weight excluding hydrogens is 318 g/mol. The third kappa shape index (κ3) is 5.05. The molecule has 5 heteroatoms. The number of aliphatic hydroxyl groups excluding tert-OH is 1. The van der Waals surface area contributed by atoms with Gasteiger partial charge in [-0.15, -0.1) is 0 Å². The van der Waals surface area contributed by atoms with Crippen LogP contribution in [0.5, 0.6) is 0 Å². The van der Waals surface area contributed by atoms with Gasteiger partial charge in [-0.1, -0.05) is 30.3 Å². The van der Waals surface area contributed by atoms with Gasteiger partial charge in [0.2, 0.25) is 5.91 Å². The van der Waals surface area contributed by atoms with Crippen LogP contribution in [0.25, 0.3) is 0 Å². The van der Waals surface area contributed by atoms with E-state index in [2.05, 4.69) is 12.1 Å². The van der Waals surface area contributed by atoms with Crippen LogP contribution >= 0.6 is 0 Å². The number of aliphatic hydroxyl groups is 1. The summed E-state index contributed by atoms with van der Waals surface area (Å²) in [4.78, 5) is 26.7. The molecular formula is C20H29NO4. The largest absolute Gasteiger partial charge is 0.460 e. The lowest BCUT2D eigenvalue weighted by atomic mass is 9.78. The maximum Gasteiger partial charge on any atom is 0.307 e. The minimum absolute atomic E-state index is 0.0167. The van der Waals surface area contributed by atoms with E-state index in [1.54, 1.807) is 4.90 Å². The van der Waals surface area contributed by atoms with Crippen LogP contribution in [0.4, 0.5) is 0 Å². The number of piperidine rings is 1. The highest BCUT2D eigenvalue weighted by Gasteiger charge is 2.41. The van der Waals surface area contributed by atoms with Gasteiger partial charge >= 0.3 is 5.97 Å². The number of nitrogens with zero attached hydrogens (tertiary/aromatic N) is 1. The Morgan fingerprint density at radius 1 is 1.28 bits per heavy atom. The van der Waals surface area contributed by atoms with Crippen molar-refractivity contribution in [2.45, 2.75) is 58.1 Å². The maximum absolute atomic E-state index is 12.8. The molecule has 0 aliphatic carbocycles. The molecule has 0 saturated carbocycles. The summed E-state index contributed by atoms with van der Waals surface area (Å²) in [5.74, 6) is -0.698. The lowest BCUT2D eigenvalue weighted by Crippen LogP contribution is -2.51. The molecule has 1 saturated heterocycles. The van der Waals surface area contributed by atoms with E-state index in [1.807, 2.05) is 45.9 Å². The number of amides is 1. The van der Waals surface area contributed by atoms with E-state index in [4.69, 9.17) is 4.74 Å². The second-order valence-corrected chi connectivity index (χ2v) is 7.74. The molecule has 1 aromatic carbocycles. The molecule has 1 N–H and O–H groups in total. The van der Waals surface area contributed by atoms with Crippen molar-refractivity contribution in [2.75, 3.05) is 13.2 Å². The van der Waals surface area contributed by atoms with Gasteiger partial charge in [-0.25, -0.2) is 0 Å². The molecule has 0 radical (unpaired) electrons. The Morgan fingerprint density at radius 3 is 2.48 bits per heavy atom. The van der Waals surface area contributed by atoms with Crippen molar-refractivity contribution in [1.82, 2.24) is 4.90 Å². The van der Waals surface area contributed by atoms with Gasteiger partial charge in [0.05, 0.1) is 13.0 Å². The van der Waals surface area contributed by atoms with Gasteiger partial charge in [-0.3, -0.25) is 9.59 Å². The van der Waals surface area contributed by atoms with Crippen LogP contribution in [-0.2, 0) is 14.3 Å². The lowest BCUT2D eigenvalue weighted by Gasteiger charge is -2.43. The number of likely N-dealkylation sites (tertiary alicyclic amines) is 1. The molecule has 1 aromatic rings. The highest BCUT2D eigenvalue weighted by Crippen LogP contribution is 2.37. The quantitative estimate of drug-likeness (QED) is 0.832. The van der Waals surface area contributed by atoms with E-state index in [-0.39, 0.29) is 43.4 Å². The summed E-state index contributed by atoms with van der Waals surface area (Å²) in [5.41, 5.74) is 0.589. The molecule has 25 heavy (non-hydrogen) atoms. The number of carbonyl (C=O) groups excluding carboxylic acids is 2. The smallest absolute Gasteiger partial charge is 0.307 e. The molecule has 1 amide bonds. The highest BCUT2D eigenvalue weighted by atomic mass is 16.6. The van der Waals surface area contributed by atoms with Crippen LogP contribution in [0.15, 0.2) is 30.3 Å². The standard InChI is InChI=1S/C20H29NO4/c1-14-17(15-8-6-5-7-9-15)12-16(19(24)21(14)10-11-22)13-18(23)25-20(2,3)4/h5-9,14,16-17,22H,10-13H2,1-4H3. The van der Waals surface area contributed by atoms with E-state index in [0.29, 0.717) is 6.42 Å². The zero-order valence-corrected chi connectivity index (χ0v) is 15.6. The number of hydrogen-bond acceptors (Lipinski definition) is 4. The molecule has 0 aromatic heterocycles. The Morgan fingerprint density at radius 2 is 1.92 bits per heavy atom. The summed E-state index contributed by atoms with van der Waals surface area (Å²) in [5, 5.41) is 9.35. The summed E-state index contributed by atoms with van der Waals surface area (Å²) in [6.07, 6.45) is 0.694. The Balaban J connectivity index is 2.20. The molecule has 5 nitrogen and oxygen atoms in total. The van der Waals surface area contributed by atoms with Crippen LogP contribution in [0.2, 0.25) is 0 Å². The summed E-state index contributed by atoms with van der Waals surface area (Å²) in [7, 11) is 0. The summed E-state index contributed by atoms with van der Waals surface area (Å²) < 4.78 is 5.39. The first-order valence-electron chi connectivity index (χ1n) is 8.91. The van der Waals surface area contributed by atoms with Gasteiger partial charge in [-0.05, 0) is 39.7 Å². The van der Waals surface area contributed by atoms with Crippen molar-refractivity contribution < 1.29 is 19.4 Å². The zero-order valence-electron chi connectivity index (χ0n) is 15.6. The second-order valence-electron chi connectivity index (χ2n) is 7.74. The number of carbonyl (C=O) groups is 2. The van der Waals surface area contributed by atoms with E-state index in [0.717, 1.165) is 5.56 Å². The molecule has 1 fully saturated rings. The molecule has 3 atom stereocenters. The fourth-order valence-corrected chi connectivity index (χ4v) is 3.55. The number of benzene rings is 1. The van der Waals surface area contributed by atoms with E-state index >= 15 is 0 Å². The van der Waals surface area contributed by atoms with Crippen molar-refractivity contribution in [1.29, 1.82) is 0 Å². The topological polar surface area (TPSA) is 66.8 Å². The lowest BCUT2D eigenvalue weighted by molar-refractivity contribution is -0.160. The number of esters is 1. The minimum Gasteiger partial charge on any atom is -0.460 e. The fraction of sp³-hybridized carbons (Fsp3) is 0.600. The third-order valence-electron chi connectivity index (χ3n) is 4.65.